The zero-order valence-corrected chi connectivity index (χ0v) is 12.2. The summed E-state index contributed by atoms with van der Waals surface area (Å²) in [5, 5.41) is 0.575. The molecule has 5 heteroatoms. The Morgan fingerprint density at radius 2 is 2.12 bits per heavy atom. The van der Waals surface area contributed by atoms with Crippen molar-refractivity contribution in [2.75, 3.05) is 13.7 Å². The van der Waals surface area contributed by atoms with Gasteiger partial charge < -0.3 is 9.47 Å². The molecule has 0 aromatic heterocycles. The van der Waals surface area contributed by atoms with Gasteiger partial charge in [0, 0.05) is 9.80 Å². The van der Waals surface area contributed by atoms with Crippen LogP contribution in [-0.4, -0.2) is 19.7 Å². The lowest BCUT2D eigenvalue weighted by Gasteiger charge is -2.11. The van der Waals surface area contributed by atoms with Gasteiger partial charge in [-0.1, -0.05) is 31.9 Å². The van der Waals surface area contributed by atoms with E-state index in [1.54, 1.807) is 20.1 Å². The first kappa shape index (κ1) is 13.5. The first-order valence-corrected chi connectivity index (χ1v) is 6.65. The second-order valence-electron chi connectivity index (χ2n) is 2.99. The molecule has 0 unspecified atom stereocenters. The third kappa shape index (κ3) is 2.98. The minimum Gasteiger partial charge on any atom is -0.497 e. The number of halogens is 2. The Kier molecular flexibility index (Phi) is 5.28. The molecule has 0 aliphatic carbocycles. The molecule has 0 bridgehead atoms. The van der Waals surface area contributed by atoms with E-state index in [0.29, 0.717) is 23.2 Å². The first-order valence-electron chi connectivity index (χ1n) is 4.73. The van der Waals surface area contributed by atoms with Crippen molar-refractivity contribution in [1.29, 1.82) is 0 Å². The summed E-state index contributed by atoms with van der Waals surface area (Å²) in [7, 11) is 1.56. The van der Waals surface area contributed by atoms with Gasteiger partial charge in [0.05, 0.1) is 19.3 Å². The van der Waals surface area contributed by atoms with Crippen molar-refractivity contribution >= 4 is 37.8 Å². The van der Waals surface area contributed by atoms with Crippen LogP contribution in [0.15, 0.2) is 16.6 Å². The SMILES string of the molecule is CCOC(=O)c1cc(OC)cc(Br)c1CBr. The van der Waals surface area contributed by atoms with Crippen LogP contribution in [0.5, 0.6) is 5.75 Å². The molecular weight excluding hydrogens is 340 g/mol. The second kappa shape index (κ2) is 6.25. The van der Waals surface area contributed by atoms with Gasteiger partial charge in [0.1, 0.15) is 5.75 Å². The quantitative estimate of drug-likeness (QED) is 0.615. The molecule has 0 N–H and O–H groups in total. The number of alkyl halides is 1. The highest BCUT2D eigenvalue weighted by atomic mass is 79.9. The maximum Gasteiger partial charge on any atom is 0.338 e. The lowest BCUT2D eigenvalue weighted by molar-refractivity contribution is 0.0525. The summed E-state index contributed by atoms with van der Waals surface area (Å²) >= 11 is 6.75. The van der Waals surface area contributed by atoms with Crippen molar-refractivity contribution in [1.82, 2.24) is 0 Å². The highest BCUT2D eigenvalue weighted by Gasteiger charge is 2.16. The van der Waals surface area contributed by atoms with E-state index < -0.39 is 0 Å². The van der Waals surface area contributed by atoms with Crippen LogP contribution in [-0.2, 0) is 10.1 Å². The van der Waals surface area contributed by atoms with Crippen LogP contribution >= 0.6 is 31.9 Å². The van der Waals surface area contributed by atoms with Crippen molar-refractivity contribution in [3.8, 4) is 5.75 Å². The number of rotatable bonds is 4. The van der Waals surface area contributed by atoms with Gasteiger partial charge in [-0.05, 0) is 24.6 Å². The zero-order chi connectivity index (χ0) is 12.1. The molecule has 0 heterocycles. The van der Waals surface area contributed by atoms with Crippen molar-refractivity contribution < 1.29 is 14.3 Å². The fraction of sp³-hybridized carbons (Fsp3) is 0.364. The molecule has 1 aromatic carbocycles. The summed E-state index contributed by atoms with van der Waals surface area (Å²) in [5.74, 6) is 0.288. The minimum atomic E-state index is -0.337. The number of hydrogen-bond acceptors (Lipinski definition) is 3. The number of esters is 1. The molecule has 1 aromatic rings. The topological polar surface area (TPSA) is 35.5 Å². The number of carbonyl (C=O) groups excluding carboxylic acids is 1. The fourth-order valence-corrected chi connectivity index (χ4v) is 2.82. The molecule has 0 aliphatic heterocycles. The summed E-state index contributed by atoms with van der Waals surface area (Å²) in [6.07, 6.45) is 0. The van der Waals surface area contributed by atoms with Gasteiger partial charge in [0.25, 0.3) is 0 Å². The fourth-order valence-electron chi connectivity index (χ4n) is 1.26. The first-order chi connectivity index (χ1) is 7.63. The number of ether oxygens (including phenoxy) is 2. The number of hydrogen-bond donors (Lipinski definition) is 0. The molecule has 3 nitrogen and oxygen atoms in total. The summed E-state index contributed by atoms with van der Waals surface area (Å²) < 4.78 is 10.9. The van der Waals surface area contributed by atoms with E-state index in [1.165, 1.54) is 0 Å². The molecule has 0 saturated carbocycles. The van der Waals surface area contributed by atoms with E-state index in [4.69, 9.17) is 9.47 Å². The molecule has 88 valence electrons. The lowest BCUT2D eigenvalue weighted by Crippen LogP contribution is -2.08. The van der Waals surface area contributed by atoms with Gasteiger partial charge >= 0.3 is 5.97 Å². The van der Waals surface area contributed by atoms with Gasteiger partial charge in [0.15, 0.2) is 0 Å². The summed E-state index contributed by atoms with van der Waals surface area (Å²) in [4.78, 5) is 11.7. The third-order valence-corrected chi connectivity index (χ3v) is 3.30. The molecule has 0 spiro atoms. The molecule has 0 radical (unpaired) electrons. The van der Waals surface area contributed by atoms with Crippen LogP contribution in [0.25, 0.3) is 0 Å². The molecule has 0 saturated heterocycles. The van der Waals surface area contributed by atoms with Crippen LogP contribution in [0.1, 0.15) is 22.8 Å². The third-order valence-electron chi connectivity index (χ3n) is 2.03. The molecule has 0 aliphatic rings. The maximum atomic E-state index is 11.7. The van der Waals surface area contributed by atoms with Crippen molar-refractivity contribution in [3.05, 3.63) is 27.7 Å². The minimum absolute atomic E-state index is 0.337. The van der Waals surface area contributed by atoms with Crippen LogP contribution < -0.4 is 4.74 Å². The second-order valence-corrected chi connectivity index (χ2v) is 4.40. The monoisotopic (exact) mass is 350 g/mol. The normalized spacial score (nSPS) is 10.0. The number of carbonyl (C=O) groups is 1. The molecular formula is C11H12Br2O3. The van der Waals surface area contributed by atoms with Gasteiger partial charge in [-0.15, -0.1) is 0 Å². The summed E-state index contributed by atoms with van der Waals surface area (Å²) in [6.45, 7) is 2.14. The lowest BCUT2D eigenvalue weighted by atomic mass is 10.1. The van der Waals surface area contributed by atoms with E-state index in [1.807, 2.05) is 6.07 Å². The molecule has 16 heavy (non-hydrogen) atoms. The molecule has 1 rings (SSSR count). The average molecular weight is 352 g/mol. The van der Waals surface area contributed by atoms with E-state index >= 15 is 0 Å². The Balaban J connectivity index is 3.22. The standard InChI is InChI=1S/C11H12Br2O3/c1-3-16-11(14)8-4-7(15-2)5-10(13)9(8)6-12/h4-5H,3,6H2,1-2H3. The number of benzene rings is 1. The summed E-state index contributed by atoms with van der Waals surface area (Å²) in [5.41, 5.74) is 1.38. The van der Waals surface area contributed by atoms with Gasteiger partial charge in [-0.25, -0.2) is 4.79 Å². The Bertz CT molecular complexity index is 391. The van der Waals surface area contributed by atoms with Crippen molar-refractivity contribution in [2.24, 2.45) is 0 Å². The zero-order valence-electron chi connectivity index (χ0n) is 9.05. The van der Waals surface area contributed by atoms with E-state index in [9.17, 15) is 4.79 Å². The maximum absolute atomic E-state index is 11.7. The van der Waals surface area contributed by atoms with Crippen LogP contribution in [0.4, 0.5) is 0 Å². The van der Waals surface area contributed by atoms with E-state index in [0.717, 1.165) is 10.0 Å². The van der Waals surface area contributed by atoms with Crippen LogP contribution in [0.3, 0.4) is 0 Å². The smallest absolute Gasteiger partial charge is 0.338 e. The Morgan fingerprint density at radius 1 is 1.44 bits per heavy atom. The molecule has 0 atom stereocenters. The van der Waals surface area contributed by atoms with Crippen molar-refractivity contribution in [3.63, 3.8) is 0 Å². The highest BCUT2D eigenvalue weighted by Crippen LogP contribution is 2.29. The number of methoxy groups -OCH3 is 1. The summed E-state index contributed by atoms with van der Waals surface area (Å²) in [6, 6.07) is 3.50. The van der Waals surface area contributed by atoms with E-state index in [2.05, 4.69) is 31.9 Å². The highest BCUT2D eigenvalue weighted by molar-refractivity contribution is 9.10. The Hall–Kier alpha value is -0.550. The van der Waals surface area contributed by atoms with Gasteiger partial charge in [-0.3, -0.25) is 0 Å². The Labute approximate surface area is 111 Å². The predicted octanol–water partition coefficient (Wildman–Crippen LogP) is 3.53. The van der Waals surface area contributed by atoms with Gasteiger partial charge in [-0.2, -0.15) is 0 Å². The molecule has 0 amide bonds. The average Bonchev–Trinajstić information content (AvgIpc) is 2.28. The van der Waals surface area contributed by atoms with Gasteiger partial charge in [0.2, 0.25) is 0 Å². The predicted molar refractivity (Wildman–Crippen MR) is 69.3 cm³/mol. The van der Waals surface area contributed by atoms with Crippen LogP contribution in [0.2, 0.25) is 0 Å². The van der Waals surface area contributed by atoms with E-state index in [-0.39, 0.29) is 5.97 Å². The largest absolute Gasteiger partial charge is 0.497 e. The van der Waals surface area contributed by atoms with Crippen LogP contribution in [0, 0.1) is 0 Å². The Morgan fingerprint density at radius 3 is 2.62 bits per heavy atom. The molecule has 0 fully saturated rings. The van der Waals surface area contributed by atoms with Crippen molar-refractivity contribution in [2.45, 2.75) is 12.3 Å².